The summed E-state index contributed by atoms with van der Waals surface area (Å²) in [5, 5.41) is -5.01. The highest BCUT2D eigenvalue weighted by molar-refractivity contribution is 7.99. The molecule has 0 fully saturated rings. The summed E-state index contributed by atoms with van der Waals surface area (Å²) in [5.41, 5.74) is -4.05. The number of alkyl halides is 6. The molecule has 0 aliphatic rings. The second kappa shape index (κ2) is 7.38. The first-order chi connectivity index (χ1) is 11.9. The lowest BCUT2D eigenvalue weighted by Crippen LogP contribution is -2.20. The Morgan fingerprint density at radius 1 is 1.12 bits per heavy atom. The molecule has 1 aromatic heterocycles. The molecule has 0 unspecified atom stereocenters. The first-order valence-electron chi connectivity index (χ1n) is 6.39. The van der Waals surface area contributed by atoms with Crippen LogP contribution in [-0.4, -0.2) is 11.3 Å². The Bertz CT molecular complexity index is 925. The van der Waals surface area contributed by atoms with Gasteiger partial charge in [0.2, 0.25) is 0 Å². The maximum atomic E-state index is 13.3. The molecule has 0 amide bonds. The summed E-state index contributed by atoms with van der Waals surface area (Å²) in [4.78, 5) is 23.9. The Kier molecular flexibility index (Phi) is 5.96. The molecule has 0 spiro atoms. The third-order valence-corrected chi connectivity index (χ3v) is 5.34. The minimum absolute atomic E-state index is 0.0622. The smallest absolute Gasteiger partial charge is 0.319 e. The molecule has 0 aliphatic carbocycles. The van der Waals surface area contributed by atoms with E-state index in [1.165, 1.54) is 0 Å². The zero-order chi connectivity index (χ0) is 19.9. The number of H-pyrrole nitrogens is 1. The van der Waals surface area contributed by atoms with Crippen molar-refractivity contribution in [3.8, 4) is 0 Å². The predicted octanol–water partition coefficient (Wildman–Crippen LogP) is 5.95. The highest BCUT2D eigenvalue weighted by Gasteiger charge is 2.35. The molecule has 140 valence electrons. The maximum absolute atomic E-state index is 13.3. The van der Waals surface area contributed by atoms with Crippen LogP contribution >= 0.6 is 46.6 Å². The van der Waals surface area contributed by atoms with Gasteiger partial charge in [-0.05, 0) is 29.8 Å². The number of carbonyl (C=O) groups excluding carboxylic acids is 1. The van der Waals surface area contributed by atoms with E-state index in [4.69, 9.17) is 34.8 Å². The van der Waals surface area contributed by atoms with Crippen LogP contribution in [0.15, 0.2) is 32.8 Å². The minimum atomic E-state index is -4.80. The molecule has 2 rings (SSSR count). The minimum Gasteiger partial charge on any atom is -0.319 e. The number of benzene rings is 1. The number of nitrogens with one attached hydrogen (secondary N) is 1. The van der Waals surface area contributed by atoms with Gasteiger partial charge in [-0.25, -0.2) is 0 Å². The zero-order valence-electron chi connectivity index (χ0n) is 12.1. The lowest BCUT2D eigenvalue weighted by molar-refractivity contribution is -0.137. The van der Waals surface area contributed by atoms with Crippen molar-refractivity contribution < 1.29 is 26.7 Å². The fourth-order valence-electron chi connectivity index (χ4n) is 1.85. The number of carbonyl (C=O) groups is 1. The summed E-state index contributed by atoms with van der Waals surface area (Å²) in [6.07, 6.45) is -4.74. The summed E-state index contributed by atoms with van der Waals surface area (Å²) in [7, 11) is 0. The molecule has 12 heteroatoms. The van der Waals surface area contributed by atoms with Crippen molar-refractivity contribution >= 4 is 52.9 Å². The summed E-state index contributed by atoms with van der Waals surface area (Å²) in [6, 6.07) is 2.21. The largest absolute Gasteiger partial charge is 0.417 e. The van der Waals surface area contributed by atoms with E-state index in [0.29, 0.717) is 23.9 Å². The van der Waals surface area contributed by atoms with E-state index in [1.807, 2.05) is 0 Å². The van der Waals surface area contributed by atoms with Crippen LogP contribution in [0.3, 0.4) is 0 Å². The van der Waals surface area contributed by atoms with E-state index < -0.39 is 39.0 Å². The molecule has 1 N–H and O–H groups in total. The van der Waals surface area contributed by atoms with Crippen molar-refractivity contribution in [3.05, 3.63) is 55.4 Å². The average Bonchev–Trinajstić information content (AvgIpc) is 2.48. The summed E-state index contributed by atoms with van der Waals surface area (Å²) < 4.78 is 65.4. The van der Waals surface area contributed by atoms with Gasteiger partial charge in [-0.1, -0.05) is 35.0 Å². The number of aromatic amines is 1. The van der Waals surface area contributed by atoms with Gasteiger partial charge in [-0.2, -0.15) is 22.0 Å². The van der Waals surface area contributed by atoms with Gasteiger partial charge < -0.3 is 4.98 Å². The number of rotatable bonds is 4. The van der Waals surface area contributed by atoms with Crippen molar-refractivity contribution in [2.45, 2.75) is 21.3 Å². The Hall–Kier alpha value is -1.29. The van der Waals surface area contributed by atoms with Crippen molar-refractivity contribution in [1.82, 2.24) is 4.98 Å². The molecule has 1 heterocycles. The second-order valence-electron chi connectivity index (χ2n) is 4.74. The molecule has 0 bridgehead atoms. The first kappa shape index (κ1) is 21.0. The molecule has 0 saturated carbocycles. The summed E-state index contributed by atoms with van der Waals surface area (Å²) in [5.74, 6) is 0. The Morgan fingerprint density at radius 3 is 2.23 bits per heavy atom. The van der Waals surface area contributed by atoms with Gasteiger partial charge in [0.25, 0.3) is 5.56 Å². The van der Waals surface area contributed by atoms with Gasteiger partial charge in [0.1, 0.15) is 5.69 Å². The number of aromatic nitrogens is 1. The Balaban J connectivity index is 2.67. The SMILES string of the molecule is O=Cc1c(Sc2c(Cl)ccc(C(F)(F)F)c2Cl)cc(C(F)(F)Cl)[nH]c1=O. The van der Waals surface area contributed by atoms with Crippen LogP contribution in [0.2, 0.25) is 10.0 Å². The van der Waals surface area contributed by atoms with Crippen molar-refractivity contribution in [2.24, 2.45) is 0 Å². The Labute approximate surface area is 161 Å². The number of aldehydes is 1. The van der Waals surface area contributed by atoms with Gasteiger partial charge in [0, 0.05) is 4.90 Å². The van der Waals surface area contributed by atoms with Crippen LogP contribution in [0, 0.1) is 0 Å². The molecule has 2 aromatic rings. The van der Waals surface area contributed by atoms with Gasteiger partial charge in [0.15, 0.2) is 6.29 Å². The monoisotopic (exact) mass is 451 g/mol. The quantitative estimate of drug-likeness (QED) is 0.354. The van der Waals surface area contributed by atoms with Crippen LogP contribution in [0.25, 0.3) is 0 Å². The van der Waals surface area contributed by atoms with Gasteiger partial charge >= 0.3 is 11.6 Å². The van der Waals surface area contributed by atoms with E-state index >= 15 is 0 Å². The van der Waals surface area contributed by atoms with E-state index in [0.717, 1.165) is 6.07 Å². The highest BCUT2D eigenvalue weighted by Crippen LogP contribution is 2.45. The van der Waals surface area contributed by atoms with E-state index in [-0.39, 0.29) is 21.1 Å². The van der Waals surface area contributed by atoms with Crippen LogP contribution in [0.4, 0.5) is 22.0 Å². The molecule has 0 saturated heterocycles. The average molecular weight is 453 g/mol. The van der Waals surface area contributed by atoms with Gasteiger partial charge in [0.05, 0.1) is 26.1 Å². The van der Waals surface area contributed by atoms with Crippen molar-refractivity contribution in [2.75, 3.05) is 0 Å². The van der Waals surface area contributed by atoms with Crippen LogP contribution in [-0.2, 0) is 11.6 Å². The highest BCUT2D eigenvalue weighted by atomic mass is 35.5. The fraction of sp³-hybridized carbons (Fsp3) is 0.143. The second-order valence-corrected chi connectivity index (χ2v) is 7.06. The van der Waals surface area contributed by atoms with Crippen molar-refractivity contribution in [3.63, 3.8) is 0 Å². The fourth-order valence-corrected chi connectivity index (χ4v) is 3.67. The number of hydrogen-bond acceptors (Lipinski definition) is 3. The molecule has 0 atom stereocenters. The van der Waals surface area contributed by atoms with Crippen LogP contribution < -0.4 is 5.56 Å². The first-order valence-corrected chi connectivity index (χ1v) is 8.34. The predicted molar refractivity (Wildman–Crippen MR) is 87.8 cm³/mol. The third-order valence-electron chi connectivity index (χ3n) is 3.02. The van der Waals surface area contributed by atoms with Crippen LogP contribution in [0.5, 0.6) is 0 Å². The molecular formula is C14H5Cl3F5NO2S. The number of hydrogen-bond donors (Lipinski definition) is 1. The summed E-state index contributed by atoms with van der Waals surface area (Å²) >= 11 is 16.8. The number of pyridine rings is 1. The maximum Gasteiger partial charge on any atom is 0.417 e. The lowest BCUT2D eigenvalue weighted by Gasteiger charge is -2.15. The lowest BCUT2D eigenvalue weighted by atomic mass is 10.2. The summed E-state index contributed by atoms with van der Waals surface area (Å²) in [6.45, 7) is 0. The number of halogens is 8. The molecule has 26 heavy (non-hydrogen) atoms. The van der Waals surface area contributed by atoms with Crippen molar-refractivity contribution in [1.29, 1.82) is 0 Å². The molecule has 1 aromatic carbocycles. The normalized spacial score (nSPS) is 12.3. The van der Waals surface area contributed by atoms with Gasteiger partial charge in [-0.3, -0.25) is 9.59 Å². The topological polar surface area (TPSA) is 49.9 Å². The molecule has 0 radical (unpaired) electrons. The van der Waals surface area contributed by atoms with Crippen LogP contribution in [0.1, 0.15) is 21.6 Å². The Morgan fingerprint density at radius 2 is 1.73 bits per heavy atom. The molecule has 0 aliphatic heterocycles. The zero-order valence-corrected chi connectivity index (χ0v) is 15.1. The third kappa shape index (κ3) is 4.33. The van der Waals surface area contributed by atoms with Gasteiger partial charge in [-0.15, -0.1) is 0 Å². The molecular weight excluding hydrogens is 448 g/mol. The van der Waals surface area contributed by atoms with E-state index in [2.05, 4.69) is 0 Å². The van der Waals surface area contributed by atoms with E-state index in [9.17, 15) is 31.5 Å². The molecule has 3 nitrogen and oxygen atoms in total. The van der Waals surface area contributed by atoms with E-state index in [1.54, 1.807) is 4.98 Å². The standard InChI is InChI=1S/C14H5Cl3F5NO2S/c15-7-2-1-6(14(20,21)22)10(16)11(7)26-8-3-9(13(17,18)19)23-12(25)5(8)4-24/h1-4H,(H,23,25).